The quantitative estimate of drug-likeness (QED) is 0.111. The molecule has 82 heavy (non-hydrogen) atoms. The lowest BCUT2D eigenvalue weighted by atomic mass is 9.83. The number of carbonyl (C=O) groups excluding carboxylic acids is 6. The molecule has 12 atom stereocenters. The Balaban J connectivity index is 0.883. The number of benzene rings is 2. The van der Waals surface area contributed by atoms with E-state index in [2.05, 4.69) is 44.9 Å². The van der Waals surface area contributed by atoms with Crippen molar-refractivity contribution in [1.82, 2.24) is 40.9 Å². The van der Waals surface area contributed by atoms with Crippen molar-refractivity contribution in [3.8, 4) is 23.7 Å². The lowest BCUT2D eigenvalue weighted by molar-refractivity contribution is -0.144. The maximum absolute atomic E-state index is 14.8. The Morgan fingerprint density at radius 3 is 1.59 bits per heavy atom. The van der Waals surface area contributed by atoms with Crippen molar-refractivity contribution in [3.63, 3.8) is 0 Å². The van der Waals surface area contributed by atoms with Crippen molar-refractivity contribution >= 4 is 82.5 Å². The minimum atomic E-state index is -1.27. The molecule has 2 aromatic rings. The van der Waals surface area contributed by atoms with Gasteiger partial charge < -0.3 is 55.3 Å². The van der Waals surface area contributed by atoms with E-state index in [9.17, 15) is 38.7 Å². The fourth-order valence-electron chi connectivity index (χ4n) is 12.0. The molecule has 22 heteroatoms. The zero-order chi connectivity index (χ0) is 59.6. The first-order valence-electron chi connectivity index (χ1n) is 28.0. The van der Waals surface area contributed by atoms with Crippen LogP contribution in [0.25, 0.3) is 0 Å². The van der Waals surface area contributed by atoms with Crippen LogP contribution in [0.5, 0.6) is 0 Å². The lowest BCUT2D eigenvalue weighted by Gasteiger charge is -2.36. The summed E-state index contributed by atoms with van der Waals surface area (Å²) in [6.45, 7) is 16.6. The van der Waals surface area contributed by atoms with Gasteiger partial charge in [-0.25, -0.2) is 9.59 Å². The highest BCUT2D eigenvalue weighted by Crippen LogP contribution is 2.49. The molecular formula is C60H78N8O11S3. The van der Waals surface area contributed by atoms with Crippen LogP contribution in [0.3, 0.4) is 0 Å². The first-order valence-corrected chi connectivity index (χ1v) is 30.5. The van der Waals surface area contributed by atoms with Gasteiger partial charge in [0, 0.05) is 26.9 Å². The molecule has 0 unspecified atom stereocenters. The number of likely N-dealkylation sites (N-methyl/N-ethyl adjacent to an activating group) is 2. The van der Waals surface area contributed by atoms with Crippen LogP contribution in [0.1, 0.15) is 122 Å². The summed E-state index contributed by atoms with van der Waals surface area (Å²) >= 11 is 9.00. The number of carboxylic acid groups (broad SMARTS) is 1. The van der Waals surface area contributed by atoms with Crippen LogP contribution in [0, 0.1) is 34.5 Å². The van der Waals surface area contributed by atoms with E-state index in [4.69, 9.17) is 26.4 Å². The Kier molecular flexibility index (Phi) is 19.2. The number of nitrogens with one attached hydrogen (secondary N) is 4. The molecule has 0 spiro atoms. The minimum Gasteiger partial charge on any atom is -0.465 e. The predicted molar refractivity (Wildman–Crippen MR) is 317 cm³/mol. The predicted octanol–water partition coefficient (Wildman–Crippen LogP) is 5.80. The summed E-state index contributed by atoms with van der Waals surface area (Å²) in [4.78, 5) is 102. The van der Waals surface area contributed by atoms with Gasteiger partial charge in [-0.15, -0.1) is 23.5 Å². The van der Waals surface area contributed by atoms with Crippen LogP contribution in [-0.2, 0) is 51.0 Å². The number of hydrogen-bond donors (Lipinski definition) is 5. The number of ether oxygens (including phenoxy) is 3. The maximum atomic E-state index is 14.8. The van der Waals surface area contributed by atoms with Gasteiger partial charge in [-0.1, -0.05) is 100 Å². The van der Waals surface area contributed by atoms with Gasteiger partial charge in [-0.3, -0.25) is 28.9 Å². The SMILES string of the molecule is C[C@@H](C(=O)N[C@H]1CCS[C@H]2CC(C)(C)[C@@H](C(=O)N[C@H]3c4ccccc4C[C@H]3OCC#CC#CCO[C@@H]3Cc4ccccc4[C@@H]3NC(=O)[C@H]3N4C(=O)[C@@H](NC(=S)[C@H](C)N(C)C(=O)OC(C)(C)C)CCS[C@H]4CC3(C)C)N2C1=O)N(C)C(=O)O. The average Bonchev–Trinajstić information content (AvgIpc) is 3.38. The van der Waals surface area contributed by atoms with Gasteiger partial charge in [0.05, 0.1) is 46.1 Å². The zero-order valence-electron chi connectivity index (χ0n) is 48.7. The van der Waals surface area contributed by atoms with Gasteiger partial charge in [-0.05, 0) is 117 Å². The number of carbonyl (C=O) groups is 7. The van der Waals surface area contributed by atoms with E-state index in [1.165, 1.54) is 18.9 Å². The third-order valence-corrected chi connectivity index (χ3v) is 19.5. The second kappa shape index (κ2) is 25.4. The van der Waals surface area contributed by atoms with E-state index in [-0.39, 0.29) is 47.6 Å². The molecule has 0 aromatic heterocycles. The molecule has 0 bridgehead atoms. The summed E-state index contributed by atoms with van der Waals surface area (Å²) in [7, 11) is 2.90. The summed E-state index contributed by atoms with van der Waals surface area (Å²) in [6.07, 6.45) is 0.343. The normalized spacial score (nSPS) is 27.4. The van der Waals surface area contributed by atoms with Crippen molar-refractivity contribution in [1.29, 1.82) is 0 Å². The van der Waals surface area contributed by atoms with Gasteiger partial charge in [0.1, 0.15) is 49.0 Å². The minimum absolute atomic E-state index is 0.0200. The summed E-state index contributed by atoms with van der Waals surface area (Å²) in [6, 6.07) is 9.77. The van der Waals surface area contributed by atoms with Gasteiger partial charge in [0.2, 0.25) is 29.5 Å². The third-order valence-electron chi connectivity index (χ3n) is 16.6. The first-order chi connectivity index (χ1) is 38.7. The monoisotopic (exact) mass is 1180 g/mol. The maximum Gasteiger partial charge on any atom is 0.410 e. The Morgan fingerprint density at radius 2 is 1.15 bits per heavy atom. The number of thiocarbonyl (C=S) groups is 1. The Bertz CT molecular complexity index is 2950. The second-order valence-corrected chi connectivity index (χ2v) is 27.5. The van der Waals surface area contributed by atoms with Crippen LogP contribution in [0.4, 0.5) is 9.59 Å². The highest BCUT2D eigenvalue weighted by atomic mass is 32.2. The van der Waals surface area contributed by atoms with E-state index in [1.54, 1.807) is 68.1 Å². The molecule has 4 aliphatic heterocycles. The number of amides is 7. The van der Waals surface area contributed by atoms with E-state index in [1.807, 2.05) is 76.2 Å². The van der Waals surface area contributed by atoms with E-state index < -0.39 is 95.1 Å². The largest absolute Gasteiger partial charge is 0.465 e. The zero-order valence-corrected chi connectivity index (χ0v) is 51.1. The van der Waals surface area contributed by atoms with Crippen molar-refractivity contribution in [2.24, 2.45) is 10.8 Å². The molecular weight excluding hydrogens is 1100 g/mol. The van der Waals surface area contributed by atoms with E-state index in [0.29, 0.717) is 55.0 Å². The Hall–Kier alpha value is -6.04. The van der Waals surface area contributed by atoms with Crippen molar-refractivity contribution in [2.75, 3.05) is 38.8 Å². The number of fused-ring (bicyclic) bond motifs is 4. The van der Waals surface area contributed by atoms with Crippen molar-refractivity contribution < 1.29 is 52.9 Å². The second-order valence-electron chi connectivity index (χ2n) is 24.4. The summed E-state index contributed by atoms with van der Waals surface area (Å²) in [5, 5.41) is 21.5. The molecule has 0 radical (unpaired) electrons. The average molecular weight is 1180 g/mol. The van der Waals surface area contributed by atoms with Crippen LogP contribution in [0.15, 0.2) is 48.5 Å². The molecule has 8 rings (SSSR count). The third kappa shape index (κ3) is 13.6. The highest BCUT2D eigenvalue weighted by molar-refractivity contribution is 8.00. The standard InChI is InChI=1S/C60H78N8O11S3/c1-34(65(10)56(74)75)50(69)61-40-24-28-81-44-32-59(6,7)48(67(44)54(40)72)51(70)63-46-38-22-16-14-20-36(38)30-42(46)77-26-18-12-13-19-27-78-43-31-37-21-15-17-23-39(37)47(43)64-52(71)49-60(8,9)33-45-68(49)55(73)41(25-29-82-45)62-53(80)35(2)66(11)57(76)79-58(3,4)5/h14-17,20-23,34-35,40-49H,24-33H2,1-11H3,(H,61,69)(H,62,80)(H,63,70)(H,64,71)(H,74,75)/t34-,35-,40-,41-,42+,43+,44-,45-,46-,47-,48+,49+/m0/s1. The van der Waals surface area contributed by atoms with E-state index in [0.717, 1.165) is 27.2 Å². The van der Waals surface area contributed by atoms with Crippen LogP contribution >= 0.6 is 35.7 Å². The molecule has 4 saturated heterocycles. The molecule has 4 heterocycles. The Morgan fingerprint density at radius 1 is 0.707 bits per heavy atom. The van der Waals surface area contributed by atoms with Crippen LogP contribution in [0.2, 0.25) is 0 Å². The lowest BCUT2D eigenvalue weighted by Crippen LogP contribution is -2.58. The number of nitrogens with zero attached hydrogens (tertiary/aromatic N) is 4. The topological polar surface area (TPSA) is 228 Å². The fraction of sp³-hybridized carbons (Fsp3) is 0.600. The number of hydrogen-bond acceptors (Lipinski definition) is 13. The molecule has 6 aliphatic rings. The first kappa shape index (κ1) is 62.0. The van der Waals surface area contributed by atoms with Crippen molar-refractivity contribution in [2.45, 2.75) is 178 Å². The van der Waals surface area contributed by atoms with Gasteiger partial charge in [0.25, 0.3) is 0 Å². The Labute approximate surface area is 495 Å². The fourth-order valence-corrected chi connectivity index (χ4v) is 15.4. The summed E-state index contributed by atoms with van der Waals surface area (Å²) in [5.41, 5.74) is 2.03. The van der Waals surface area contributed by atoms with E-state index >= 15 is 0 Å². The molecule has 4 fully saturated rings. The van der Waals surface area contributed by atoms with Crippen LogP contribution in [-0.4, -0.2) is 175 Å². The summed E-state index contributed by atoms with van der Waals surface area (Å²) in [5.74, 6) is 11.2. The molecule has 0 saturated carbocycles. The highest BCUT2D eigenvalue weighted by Gasteiger charge is 2.57. The molecule has 19 nitrogen and oxygen atoms in total. The number of thioether (sulfide) groups is 2. The van der Waals surface area contributed by atoms with Crippen LogP contribution < -0.4 is 21.3 Å². The molecule has 2 aliphatic carbocycles. The number of rotatable bonds is 14. The van der Waals surface area contributed by atoms with Crippen molar-refractivity contribution in [3.05, 3.63) is 70.8 Å². The molecule has 5 N–H and O–H groups in total. The van der Waals surface area contributed by atoms with Gasteiger partial charge in [0.15, 0.2) is 0 Å². The smallest absolute Gasteiger partial charge is 0.410 e. The summed E-state index contributed by atoms with van der Waals surface area (Å²) < 4.78 is 18.3. The molecule has 7 amide bonds. The van der Waals surface area contributed by atoms with Gasteiger partial charge >= 0.3 is 12.2 Å². The van der Waals surface area contributed by atoms with Gasteiger partial charge in [-0.2, -0.15) is 0 Å². The molecule has 442 valence electrons. The molecule has 2 aromatic carbocycles.